The number of carbonyl (C=O) groups excluding carboxylic acids is 1. The first-order valence-electron chi connectivity index (χ1n) is 11.7. The summed E-state index contributed by atoms with van der Waals surface area (Å²) in [6.45, 7) is 0. The molecule has 41 heavy (non-hydrogen) atoms. The highest BCUT2D eigenvalue weighted by atomic mass is 19.4. The van der Waals surface area contributed by atoms with Gasteiger partial charge in [-0.3, -0.25) is 4.79 Å². The monoisotopic (exact) mass is 567 g/mol. The Morgan fingerprint density at radius 1 is 0.951 bits per heavy atom. The summed E-state index contributed by atoms with van der Waals surface area (Å²) in [5.41, 5.74) is 4.44. The van der Waals surface area contributed by atoms with Gasteiger partial charge in [0.05, 0.1) is 17.4 Å². The topological polar surface area (TPSA) is 120 Å². The molecule has 0 bridgehead atoms. The molecule has 0 saturated carbocycles. The summed E-state index contributed by atoms with van der Waals surface area (Å²) in [5.74, 6) is -2.89. The van der Waals surface area contributed by atoms with Crippen molar-refractivity contribution in [2.45, 2.75) is 6.18 Å². The van der Waals surface area contributed by atoms with E-state index in [9.17, 15) is 26.7 Å². The van der Waals surface area contributed by atoms with E-state index >= 15 is 0 Å². The first kappa shape index (κ1) is 27.1. The third kappa shape index (κ3) is 6.21. The maximum atomic E-state index is 14.8. The van der Waals surface area contributed by atoms with Gasteiger partial charge in [0.25, 0.3) is 5.91 Å². The van der Waals surface area contributed by atoms with Crippen molar-refractivity contribution in [3.05, 3.63) is 108 Å². The van der Waals surface area contributed by atoms with Crippen LogP contribution in [-0.4, -0.2) is 25.7 Å². The van der Waals surface area contributed by atoms with E-state index < -0.39 is 35.0 Å². The van der Waals surface area contributed by atoms with Gasteiger partial charge in [-0.05, 0) is 54.6 Å². The molecule has 0 unspecified atom stereocenters. The summed E-state index contributed by atoms with van der Waals surface area (Å²) < 4.78 is 75.7. The van der Waals surface area contributed by atoms with E-state index in [-0.39, 0.29) is 29.0 Å². The summed E-state index contributed by atoms with van der Waals surface area (Å²) in [6.07, 6.45) is -2.88. The number of rotatable bonds is 7. The number of nitrogens with two attached hydrogens (primary N) is 1. The predicted octanol–water partition coefficient (Wildman–Crippen LogP) is 6.33. The Labute approximate surface area is 228 Å². The van der Waals surface area contributed by atoms with Gasteiger partial charge in [-0.1, -0.05) is 6.07 Å². The van der Waals surface area contributed by atoms with E-state index in [1.165, 1.54) is 24.4 Å². The molecule has 1 amide bonds. The van der Waals surface area contributed by atoms with Crippen LogP contribution in [0.25, 0.3) is 5.69 Å². The van der Waals surface area contributed by atoms with Crippen LogP contribution in [-0.2, 0) is 6.18 Å². The average molecular weight is 567 g/mol. The molecule has 3 aromatic carbocycles. The normalized spacial score (nSPS) is 11.2. The van der Waals surface area contributed by atoms with E-state index in [0.717, 1.165) is 36.5 Å². The van der Waals surface area contributed by atoms with Gasteiger partial charge < -0.3 is 21.1 Å². The van der Waals surface area contributed by atoms with Crippen molar-refractivity contribution >= 4 is 28.9 Å². The maximum Gasteiger partial charge on any atom is 0.434 e. The van der Waals surface area contributed by atoms with Crippen molar-refractivity contribution in [2.24, 2.45) is 0 Å². The predicted molar refractivity (Wildman–Crippen MR) is 139 cm³/mol. The number of ether oxygens (including phenoxy) is 1. The molecule has 0 aliphatic heterocycles. The largest absolute Gasteiger partial charge is 0.436 e. The number of nitrogens with one attached hydrogen (secondary N) is 2. The summed E-state index contributed by atoms with van der Waals surface area (Å²) >= 11 is 0. The Kier molecular flexibility index (Phi) is 7.20. The fraction of sp³-hybridized carbons (Fsp3) is 0.0370. The van der Waals surface area contributed by atoms with Crippen LogP contribution in [0.2, 0.25) is 0 Å². The Morgan fingerprint density at radius 3 is 2.44 bits per heavy atom. The molecule has 0 aliphatic rings. The summed E-state index contributed by atoms with van der Waals surface area (Å²) in [5, 5.41) is 8.82. The quantitative estimate of drug-likeness (QED) is 0.155. The molecule has 14 heteroatoms. The molecular weight excluding hydrogens is 549 g/mol. The number of amides is 1. The smallest absolute Gasteiger partial charge is 0.434 e. The fourth-order valence-corrected chi connectivity index (χ4v) is 3.74. The number of aromatic nitrogens is 4. The average Bonchev–Trinajstić information content (AvgIpc) is 3.37. The molecule has 0 atom stereocenters. The highest BCUT2D eigenvalue weighted by Crippen LogP contribution is 2.34. The molecule has 0 saturated heterocycles. The zero-order valence-electron chi connectivity index (χ0n) is 20.7. The van der Waals surface area contributed by atoms with Gasteiger partial charge in [0, 0.05) is 35.4 Å². The Bertz CT molecular complexity index is 1720. The number of benzene rings is 3. The third-order valence-electron chi connectivity index (χ3n) is 5.53. The van der Waals surface area contributed by atoms with Gasteiger partial charge >= 0.3 is 6.18 Å². The van der Waals surface area contributed by atoms with Crippen LogP contribution in [0.3, 0.4) is 0 Å². The SMILES string of the molecule is Nc1cccc(Nc2nccc(Oc3ccc(NC(=O)c4cnn(-c5ccc(F)cc5)c4C(F)(F)F)cc3F)n2)c1. The minimum atomic E-state index is -4.99. The number of nitrogen functional groups attached to an aromatic ring is 1. The van der Waals surface area contributed by atoms with Crippen molar-refractivity contribution in [2.75, 3.05) is 16.4 Å². The van der Waals surface area contributed by atoms with Crippen molar-refractivity contribution in [3.63, 3.8) is 0 Å². The van der Waals surface area contributed by atoms with Crippen molar-refractivity contribution in [3.8, 4) is 17.3 Å². The zero-order chi connectivity index (χ0) is 29.1. The lowest BCUT2D eigenvalue weighted by Gasteiger charge is -2.13. The lowest BCUT2D eigenvalue weighted by Crippen LogP contribution is -2.20. The highest BCUT2D eigenvalue weighted by Gasteiger charge is 2.40. The summed E-state index contributed by atoms with van der Waals surface area (Å²) in [4.78, 5) is 21.0. The molecule has 5 aromatic rings. The zero-order valence-corrected chi connectivity index (χ0v) is 20.7. The lowest BCUT2D eigenvalue weighted by atomic mass is 10.2. The second kappa shape index (κ2) is 10.9. The number of halogens is 5. The molecule has 2 heterocycles. The number of hydrogen-bond acceptors (Lipinski definition) is 7. The molecule has 0 radical (unpaired) electrons. The third-order valence-corrected chi connectivity index (χ3v) is 5.53. The van der Waals surface area contributed by atoms with E-state index in [1.54, 1.807) is 24.3 Å². The van der Waals surface area contributed by atoms with E-state index in [0.29, 0.717) is 16.1 Å². The Morgan fingerprint density at radius 2 is 1.73 bits per heavy atom. The first-order chi connectivity index (χ1) is 19.6. The minimum absolute atomic E-state index is 0.00915. The lowest BCUT2D eigenvalue weighted by molar-refractivity contribution is -0.143. The second-order valence-corrected chi connectivity index (χ2v) is 8.46. The number of nitrogens with zero attached hydrogens (tertiary/aromatic N) is 4. The van der Waals surface area contributed by atoms with Crippen LogP contribution in [0, 0.1) is 11.6 Å². The van der Waals surface area contributed by atoms with Crippen molar-refractivity contribution < 1.29 is 31.5 Å². The molecular formula is C27H18F5N7O2. The van der Waals surface area contributed by atoms with Crippen LogP contribution < -0.4 is 21.1 Å². The minimum Gasteiger partial charge on any atom is -0.436 e. The van der Waals surface area contributed by atoms with Crippen molar-refractivity contribution in [1.29, 1.82) is 0 Å². The van der Waals surface area contributed by atoms with Gasteiger partial charge in [0.2, 0.25) is 11.8 Å². The first-order valence-corrected chi connectivity index (χ1v) is 11.7. The molecule has 2 aromatic heterocycles. The Balaban J connectivity index is 1.32. The second-order valence-electron chi connectivity index (χ2n) is 8.46. The maximum absolute atomic E-state index is 14.8. The van der Waals surface area contributed by atoms with Gasteiger partial charge in [-0.15, -0.1) is 0 Å². The molecule has 9 nitrogen and oxygen atoms in total. The number of anilines is 4. The van der Waals surface area contributed by atoms with Crippen molar-refractivity contribution in [1.82, 2.24) is 19.7 Å². The summed E-state index contributed by atoms with van der Waals surface area (Å²) in [7, 11) is 0. The molecule has 5 rings (SSSR count). The molecule has 0 aliphatic carbocycles. The van der Waals surface area contributed by atoms with Gasteiger partial charge in [0.15, 0.2) is 17.3 Å². The summed E-state index contributed by atoms with van der Waals surface area (Å²) in [6, 6.07) is 15.6. The molecule has 4 N–H and O–H groups in total. The van der Waals surface area contributed by atoms with Gasteiger partial charge in [-0.2, -0.15) is 23.3 Å². The van der Waals surface area contributed by atoms with Crippen LogP contribution >= 0.6 is 0 Å². The number of alkyl halides is 3. The van der Waals surface area contributed by atoms with Gasteiger partial charge in [0.1, 0.15) is 5.82 Å². The highest BCUT2D eigenvalue weighted by molar-refractivity contribution is 6.05. The van der Waals surface area contributed by atoms with E-state index in [1.807, 2.05) is 0 Å². The van der Waals surface area contributed by atoms with Crippen LogP contribution in [0.4, 0.5) is 45.0 Å². The number of carbonyl (C=O) groups is 1. The van der Waals surface area contributed by atoms with Gasteiger partial charge in [-0.25, -0.2) is 18.4 Å². The molecule has 0 fully saturated rings. The van der Waals surface area contributed by atoms with Crippen LogP contribution in [0.15, 0.2) is 85.2 Å². The van der Waals surface area contributed by atoms with Crippen LogP contribution in [0.5, 0.6) is 11.6 Å². The Hall–Kier alpha value is -5.53. The fourth-order valence-electron chi connectivity index (χ4n) is 3.74. The molecule has 0 spiro atoms. The standard InChI is InChI=1S/C27H18F5N7O2/c28-15-4-7-19(8-5-15)39-24(27(30,31)32)20(14-35-39)25(40)36-18-6-9-22(21(29)13-18)41-23-10-11-34-26(38-23)37-17-3-1-2-16(33)12-17/h1-14H,33H2,(H,36,40)(H,34,37,38). The van der Waals surface area contributed by atoms with E-state index in [4.69, 9.17) is 10.5 Å². The number of hydrogen-bond donors (Lipinski definition) is 3. The molecule has 208 valence electrons. The van der Waals surface area contributed by atoms with E-state index in [2.05, 4.69) is 25.7 Å². The van der Waals surface area contributed by atoms with Crippen LogP contribution in [0.1, 0.15) is 16.1 Å².